The minimum Gasteiger partial charge on any atom is -0.372 e. The maximum Gasteiger partial charge on any atom is 0.246 e. The van der Waals surface area contributed by atoms with Crippen molar-refractivity contribution in [3.05, 3.63) is 0 Å². The fraction of sp³-hybridized carbons (Fsp3) is 0.900. The summed E-state index contributed by atoms with van der Waals surface area (Å²) in [6.45, 7) is 7.74. The van der Waals surface area contributed by atoms with E-state index in [0.717, 1.165) is 6.42 Å². The third-order valence-electron chi connectivity index (χ3n) is 1.85. The van der Waals surface area contributed by atoms with E-state index in [1.807, 2.05) is 13.2 Å². The molecule has 1 N–H and O–H groups in total. The van der Waals surface area contributed by atoms with Crippen LogP contribution in [0, 0.1) is 0 Å². The lowest BCUT2D eigenvalue weighted by Gasteiger charge is -2.22. The minimum atomic E-state index is -0.0272. The van der Waals surface area contributed by atoms with E-state index in [9.17, 15) is 4.79 Å². The van der Waals surface area contributed by atoms with Crippen molar-refractivity contribution in [3.63, 3.8) is 0 Å². The molecule has 0 aromatic heterocycles. The van der Waals surface area contributed by atoms with Crippen LogP contribution in [0.2, 0.25) is 0 Å². The summed E-state index contributed by atoms with van der Waals surface area (Å²) >= 11 is 1.74. The monoisotopic (exact) mass is 219 g/mol. The fourth-order valence-corrected chi connectivity index (χ4v) is 0.960. The van der Waals surface area contributed by atoms with Gasteiger partial charge in [0.1, 0.15) is 6.61 Å². The van der Waals surface area contributed by atoms with Gasteiger partial charge in [-0.1, -0.05) is 6.92 Å². The predicted molar refractivity (Wildman–Crippen MR) is 61.7 cm³/mol. The van der Waals surface area contributed by atoms with Gasteiger partial charge in [-0.3, -0.25) is 4.79 Å². The summed E-state index contributed by atoms with van der Waals surface area (Å²) in [6.07, 6.45) is 2.99. The maximum absolute atomic E-state index is 11.2. The quantitative estimate of drug-likeness (QED) is 0.662. The molecule has 0 aromatic carbocycles. The normalized spacial score (nSPS) is 11.4. The van der Waals surface area contributed by atoms with Crippen molar-refractivity contribution in [2.24, 2.45) is 0 Å². The van der Waals surface area contributed by atoms with E-state index < -0.39 is 0 Å². The zero-order chi connectivity index (χ0) is 11.0. The van der Waals surface area contributed by atoms with Gasteiger partial charge in [-0.2, -0.15) is 11.8 Å². The van der Waals surface area contributed by atoms with Gasteiger partial charge in [0.25, 0.3) is 0 Å². The van der Waals surface area contributed by atoms with Crippen LogP contribution in [0.15, 0.2) is 0 Å². The second-order valence-corrected chi connectivity index (χ2v) is 5.31. The fourth-order valence-electron chi connectivity index (χ4n) is 0.744. The Morgan fingerprint density at radius 3 is 2.64 bits per heavy atom. The molecule has 0 bridgehead atoms. The van der Waals surface area contributed by atoms with E-state index >= 15 is 0 Å². The van der Waals surface area contributed by atoms with Crippen molar-refractivity contribution in [1.29, 1.82) is 0 Å². The Hall–Kier alpha value is -0.220. The van der Waals surface area contributed by atoms with E-state index in [1.165, 1.54) is 0 Å². The van der Waals surface area contributed by atoms with Crippen molar-refractivity contribution >= 4 is 17.7 Å². The summed E-state index contributed by atoms with van der Waals surface area (Å²) in [5.41, 5.74) is 0. The summed E-state index contributed by atoms with van der Waals surface area (Å²) in [5.74, 6) is -0.0272. The molecule has 0 aromatic rings. The van der Waals surface area contributed by atoms with Crippen molar-refractivity contribution in [2.75, 3.05) is 26.0 Å². The van der Waals surface area contributed by atoms with Crippen LogP contribution in [0.3, 0.4) is 0 Å². The van der Waals surface area contributed by atoms with Crippen LogP contribution in [-0.4, -0.2) is 36.7 Å². The highest BCUT2D eigenvalue weighted by Gasteiger charge is 2.16. The van der Waals surface area contributed by atoms with E-state index in [2.05, 4.69) is 19.2 Å². The number of hydrogen-bond donors (Lipinski definition) is 1. The van der Waals surface area contributed by atoms with Gasteiger partial charge in [-0.05, 0) is 26.5 Å². The maximum atomic E-state index is 11.2. The Bertz CT molecular complexity index is 172. The average Bonchev–Trinajstić information content (AvgIpc) is 2.16. The molecular formula is C10H21NO2S. The van der Waals surface area contributed by atoms with Crippen molar-refractivity contribution < 1.29 is 9.53 Å². The van der Waals surface area contributed by atoms with Crippen LogP contribution in [0.25, 0.3) is 0 Å². The molecule has 0 aliphatic heterocycles. The molecule has 4 heteroatoms. The molecule has 0 atom stereocenters. The highest BCUT2D eigenvalue weighted by atomic mass is 32.2. The number of carbonyl (C=O) groups is 1. The summed E-state index contributed by atoms with van der Waals surface area (Å²) in [5, 5.41) is 2.85. The minimum absolute atomic E-state index is 0.0272. The molecule has 0 spiro atoms. The van der Waals surface area contributed by atoms with Crippen molar-refractivity contribution in [1.82, 2.24) is 5.32 Å². The molecule has 0 saturated heterocycles. The first-order chi connectivity index (χ1) is 6.52. The number of rotatable bonds is 7. The molecule has 0 radical (unpaired) electrons. The van der Waals surface area contributed by atoms with Gasteiger partial charge in [-0.25, -0.2) is 0 Å². The molecule has 1 amide bonds. The summed E-state index contributed by atoms with van der Waals surface area (Å²) in [6, 6.07) is 0. The van der Waals surface area contributed by atoms with E-state index in [4.69, 9.17) is 4.74 Å². The Morgan fingerprint density at radius 1 is 1.50 bits per heavy atom. The SMILES string of the molecule is CCCOCC(=O)NCC(C)(C)SC. The standard InChI is InChI=1S/C10H21NO2S/c1-5-6-13-7-9(12)11-8-10(2,3)14-4/h5-8H2,1-4H3,(H,11,12). The molecule has 14 heavy (non-hydrogen) atoms. The van der Waals surface area contributed by atoms with Crippen molar-refractivity contribution in [2.45, 2.75) is 31.9 Å². The van der Waals surface area contributed by atoms with Gasteiger partial charge in [-0.15, -0.1) is 0 Å². The van der Waals surface area contributed by atoms with Gasteiger partial charge >= 0.3 is 0 Å². The Kier molecular flexibility index (Phi) is 7.01. The molecule has 0 aliphatic carbocycles. The molecule has 3 nitrogen and oxygen atoms in total. The molecule has 0 heterocycles. The third-order valence-corrected chi connectivity index (χ3v) is 3.09. The van der Waals surface area contributed by atoms with Crippen LogP contribution in [0.1, 0.15) is 27.2 Å². The number of hydrogen-bond acceptors (Lipinski definition) is 3. The van der Waals surface area contributed by atoms with Gasteiger partial charge in [0.15, 0.2) is 0 Å². The smallest absolute Gasteiger partial charge is 0.246 e. The zero-order valence-corrected chi connectivity index (χ0v) is 10.4. The van der Waals surface area contributed by atoms with Crippen LogP contribution < -0.4 is 5.32 Å². The third kappa shape index (κ3) is 7.21. The van der Waals surface area contributed by atoms with Gasteiger partial charge < -0.3 is 10.1 Å². The van der Waals surface area contributed by atoms with Crippen LogP contribution in [0.4, 0.5) is 0 Å². The molecule has 0 saturated carbocycles. The highest BCUT2D eigenvalue weighted by molar-refractivity contribution is 7.99. The lowest BCUT2D eigenvalue weighted by Crippen LogP contribution is -2.37. The summed E-state index contributed by atoms with van der Waals surface area (Å²) in [7, 11) is 0. The first-order valence-corrected chi connectivity index (χ1v) is 6.14. The first kappa shape index (κ1) is 13.8. The molecule has 0 aliphatic rings. The van der Waals surface area contributed by atoms with Gasteiger partial charge in [0, 0.05) is 17.9 Å². The molecule has 0 rings (SSSR count). The number of nitrogens with one attached hydrogen (secondary N) is 1. The zero-order valence-electron chi connectivity index (χ0n) is 9.55. The Labute approximate surface area is 91.0 Å². The van der Waals surface area contributed by atoms with Crippen LogP contribution in [-0.2, 0) is 9.53 Å². The van der Waals surface area contributed by atoms with Crippen LogP contribution in [0.5, 0.6) is 0 Å². The topological polar surface area (TPSA) is 38.3 Å². The number of thioether (sulfide) groups is 1. The van der Waals surface area contributed by atoms with E-state index in [0.29, 0.717) is 13.2 Å². The number of amides is 1. The highest BCUT2D eigenvalue weighted by Crippen LogP contribution is 2.19. The van der Waals surface area contributed by atoms with E-state index in [-0.39, 0.29) is 17.3 Å². The predicted octanol–water partition coefficient (Wildman–Crippen LogP) is 1.67. The lowest BCUT2D eigenvalue weighted by atomic mass is 10.2. The van der Waals surface area contributed by atoms with Crippen LogP contribution >= 0.6 is 11.8 Å². The second kappa shape index (κ2) is 7.12. The number of carbonyl (C=O) groups excluding carboxylic acids is 1. The molecular weight excluding hydrogens is 198 g/mol. The van der Waals surface area contributed by atoms with Gasteiger partial charge in [0.05, 0.1) is 0 Å². The average molecular weight is 219 g/mol. The van der Waals surface area contributed by atoms with E-state index in [1.54, 1.807) is 11.8 Å². The lowest BCUT2D eigenvalue weighted by molar-refractivity contribution is -0.125. The second-order valence-electron chi connectivity index (χ2n) is 3.79. The molecule has 0 unspecified atom stereocenters. The van der Waals surface area contributed by atoms with Gasteiger partial charge in [0.2, 0.25) is 5.91 Å². The molecule has 0 fully saturated rings. The van der Waals surface area contributed by atoms with Crippen molar-refractivity contribution in [3.8, 4) is 0 Å². The first-order valence-electron chi connectivity index (χ1n) is 4.91. The molecule has 84 valence electrons. The Balaban J connectivity index is 3.53. The number of ether oxygens (including phenoxy) is 1. The Morgan fingerprint density at radius 2 is 2.14 bits per heavy atom. The largest absolute Gasteiger partial charge is 0.372 e. The summed E-state index contributed by atoms with van der Waals surface area (Å²) in [4.78, 5) is 11.2. The summed E-state index contributed by atoms with van der Waals surface area (Å²) < 4.78 is 5.22.